The van der Waals surface area contributed by atoms with E-state index in [0.717, 1.165) is 32.4 Å². The van der Waals surface area contributed by atoms with Gasteiger partial charge in [-0.3, -0.25) is 4.68 Å². The lowest BCUT2D eigenvalue weighted by molar-refractivity contribution is 0.283. The standard InChI is InChI=1S/C13H25N3O/c1-13(2,3)16-11-12(10-15-16)9-14-7-5-4-6-8-17/h10-11,14,17H,4-9H2,1-3H3. The van der Waals surface area contributed by atoms with E-state index in [1.807, 2.05) is 10.9 Å². The van der Waals surface area contributed by atoms with Crippen LogP contribution in [-0.2, 0) is 12.1 Å². The van der Waals surface area contributed by atoms with Gasteiger partial charge < -0.3 is 10.4 Å². The van der Waals surface area contributed by atoms with Gasteiger partial charge in [-0.15, -0.1) is 0 Å². The van der Waals surface area contributed by atoms with Crippen LogP contribution in [0.3, 0.4) is 0 Å². The Morgan fingerprint density at radius 2 is 2.06 bits per heavy atom. The van der Waals surface area contributed by atoms with Crippen molar-refractivity contribution in [2.24, 2.45) is 0 Å². The van der Waals surface area contributed by atoms with Crippen LogP contribution >= 0.6 is 0 Å². The summed E-state index contributed by atoms with van der Waals surface area (Å²) in [6.07, 6.45) is 7.13. The van der Waals surface area contributed by atoms with E-state index in [9.17, 15) is 0 Å². The predicted octanol–water partition coefficient (Wildman–Crippen LogP) is 1.89. The number of aliphatic hydroxyl groups excluding tert-OH is 1. The van der Waals surface area contributed by atoms with Gasteiger partial charge in [0.2, 0.25) is 0 Å². The van der Waals surface area contributed by atoms with E-state index < -0.39 is 0 Å². The molecule has 4 nitrogen and oxygen atoms in total. The summed E-state index contributed by atoms with van der Waals surface area (Å²) in [5, 5.41) is 16.4. The van der Waals surface area contributed by atoms with Crippen molar-refractivity contribution >= 4 is 0 Å². The third kappa shape index (κ3) is 5.33. The highest BCUT2D eigenvalue weighted by molar-refractivity contribution is 5.04. The zero-order valence-electron chi connectivity index (χ0n) is 11.2. The molecule has 0 saturated heterocycles. The largest absolute Gasteiger partial charge is 0.396 e. The molecule has 0 amide bonds. The van der Waals surface area contributed by atoms with Crippen LogP contribution in [-0.4, -0.2) is 28.0 Å². The Balaban J connectivity index is 2.21. The highest BCUT2D eigenvalue weighted by atomic mass is 16.2. The Morgan fingerprint density at radius 1 is 1.29 bits per heavy atom. The molecule has 0 atom stereocenters. The first-order chi connectivity index (χ1) is 8.04. The van der Waals surface area contributed by atoms with Crippen LogP contribution in [0.15, 0.2) is 12.4 Å². The topological polar surface area (TPSA) is 50.1 Å². The number of nitrogens with one attached hydrogen (secondary N) is 1. The Labute approximate surface area is 104 Å². The normalized spacial score (nSPS) is 12.0. The summed E-state index contributed by atoms with van der Waals surface area (Å²) < 4.78 is 2.00. The Morgan fingerprint density at radius 3 is 2.65 bits per heavy atom. The molecular weight excluding hydrogens is 214 g/mol. The molecule has 2 N–H and O–H groups in total. The van der Waals surface area contributed by atoms with Crippen molar-refractivity contribution in [3.63, 3.8) is 0 Å². The Hall–Kier alpha value is -0.870. The SMILES string of the molecule is CC(C)(C)n1cc(CNCCCCCO)cn1. The average Bonchev–Trinajstić information content (AvgIpc) is 2.71. The highest BCUT2D eigenvalue weighted by Gasteiger charge is 2.13. The monoisotopic (exact) mass is 239 g/mol. The van der Waals surface area contributed by atoms with Gasteiger partial charge in [-0.05, 0) is 46.6 Å². The van der Waals surface area contributed by atoms with Gasteiger partial charge in [0.25, 0.3) is 0 Å². The van der Waals surface area contributed by atoms with Crippen molar-refractivity contribution in [1.82, 2.24) is 15.1 Å². The number of unbranched alkanes of at least 4 members (excludes halogenated alkanes) is 2. The van der Waals surface area contributed by atoms with Crippen LogP contribution in [0.25, 0.3) is 0 Å². The Bertz CT molecular complexity index is 315. The number of nitrogens with zero attached hydrogens (tertiary/aromatic N) is 2. The van der Waals surface area contributed by atoms with Gasteiger partial charge in [-0.1, -0.05) is 0 Å². The molecule has 0 radical (unpaired) electrons. The van der Waals surface area contributed by atoms with Crippen LogP contribution in [0.4, 0.5) is 0 Å². The smallest absolute Gasteiger partial charge is 0.0543 e. The zero-order chi connectivity index (χ0) is 12.7. The molecule has 0 unspecified atom stereocenters. The van der Waals surface area contributed by atoms with Crippen molar-refractivity contribution in [2.75, 3.05) is 13.2 Å². The number of hydrogen-bond donors (Lipinski definition) is 2. The Kier molecular flexibility index (Phi) is 5.65. The van der Waals surface area contributed by atoms with Gasteiger partial charge in [-0.25, -0.2) is 0 Å². The van der Waals surface area contributed by atoms with Crippen molar-refractivity contribution in [1.29, 1.82) is 0 Å². The van der Waals surface area contributed by atoms with Gasteiger partial charge in [0.1, 0.15) is 0 Å². The first kappa shape index (κ1) is 14.2. The predicted molar refractivity (Wildman–Crippen MR) is 69.9 cm³/mol. The number of aliphatic hydroxyl groups is 1. The fourth-order valence-electron chi connectivity index (χ4n) is 1.59. The summed E-state index contributed by atoms with van der Waals surface area (Å²) in [6.45, 7) is 8.61. The summed E-state index contributed by atoms with van der Waals surface area (Å²) in [5.41, 5.74) is 1.28. The second kappa shape index (κ2) is 6.77. The maximum absolute atomic E-state index is 8.65. The maximum atomic E-state index is 8.65. The molecule has 1 aromatic rings. The van der Waals surface area contributed by atoms with Gasteiger partial charge in [0.15, 0.2) is 0 Å². The minimum atomic E-state index is 0.0549. The van der Waals surface area contributed by atoms with Gasteiger partial charge >= 0.3 is 0 Å². The van der Waals surface area contributed by atoms with Crippen molar-refractivity contribution < 1.29 is 5.11 Å². The first-order valence-corrected chi connectivity index (χ1v) is 6.39. The van der Waals surface area contributed by atoms with E-state index in [4.69, 9.17) is 5.11 Å². The molecule has 0 aliphatic heterocycles. The number of rotatable bonds is 7. The molecule has 0 aliphatic carbocycles. The molecular formula is C13H25N3O. The molecule has 0 spiro atoms. The third-order valence-electron chi connectivity index (χ3n) is 2.66. The fraction of sp³-hybridized carbons (Fsp3) is 0.769. The van der Waals surface area contributed by atoms with E-state index in [1.54, 1.807) is 0 Å². The van der Waals surface area contributed by atoms with Gasteiger partial charge in [0.05, 0.1) is 11.7 Å². The lowest BCUT2D eigenvalue weighted by Gasteiger charge is -2.18. The van der Waals surface area contributed by atoms with Gasteiger partial charge in [0, 0.05) is 24.9 Å². The van der Waals surface area contributed by atoms with Crippen LogP contribution in [0.2, 0.25) is 0 Å². The summed E-state index contributed by atoms with van der Waals surface area (Å²) in [6, 6.07) is 0. The summed E-state index contributed by atoms with van der Waals surface area (Å²) in [5.74, 6) is 0. The van der Waals surface area contributed by atoms with E-state index in [0.29, 0.717) is 6.61 Å². The van der Waals surface area contributed by atoms with Crippen LogP contribution in [0, 0.1) is 0 Å². The highest BCUT2D eigenvalue weighted by Crippen LogP contribution is 2.12. The molecule has 1 rings (SSSR count). The molecule has 17 heavy (non-hydrogen) atoms. The van der Waals surface area contributed by atoms with Crippen molar-refractivity contribution in [3.8, 4) is 0 Å². The third-order valence-corrected chi connectivity index (χ3v) is 2.66. The van der Waals surface area contributed by atoms with E-state index in [1.165, 1.54) is 5.56 Å². The summed E-state index contributed by atoms with van der Waals surface area (Å²) in [7, 11) is 0. The van der Waals surface area contributed by atoms with E-state index in [2.05, 4.69) is 37.4 Å². The quantitative estimate of drug-likeness (QED) is 0.714. The molecule has 0 aliphatic rings. The molecule has 98 valence electrons. The van der Waals surface area contributed by atoms with Crippen LogP contribution in [0.5, 0.6) is 0 Å². The van der Waals surface area contributed by atoms with Gasteiger partial charge in [-0.2, -0.15) is 5.10 Å². The fourth-order valence-corrected chi connectivity index (χ4v) is 1.59. The first-order valence-electron chi connectivity index (χ1n) is 6.39. The summed E-state index contributed by atoms with van der Waals surface area (Å²) in [4.78, 5) is 0. The minimum Gasteiger partial charge on any atom is -0.396 e. The van der Waals surface area contributed by atoms with E-state index in [-0.39, 0.29) is 5.54 Å². The van der Waals surface area contributed by atoms with Crippen LogP contribution in [0.1, 0.15) is 45.6 Å². The number of aromatic nitrogens is 2. The van der Waals surface area contributed by atoms with Crippen LogP contribution < -0.4 is 5.32 Å². The second-order valence-corrected chi connectivity index (χ2v) is 5.43. The molecule has 0 saturated carbocycles. The molecule has 4 heteroatoms. The molecule has 1 heterocycles. The zero-order valence-corrected chi connectivity index (χ0v) is 11.2. The van der Waals surface area contributed by atoms with Crippen molar-refractivity contribution in [2.45, 2.75) is 52.1 Å². The average molecular weight is 239 g/mol. The molecule has 0 fully saturated rings. The van der Waals surface area contributed by atoms with E-state index >= 15 is 0 Å². The lowest BCUT2D eigenvalue weighted by atomic mass is 10.1. The second-order valence-electron chi connectivity index (χ2n) is 5.43. The summed E-state index contributed by atoms with van der Waals surface area (Å²) >= 11 is 0. The molecule has 0 aromatic carbocycles. The van der Waals surface area contributed by atoms with Crippen molar-refractivity contribution in [3.05, 3.63) is 18.0 Å². The number of hydrogen-bond acceptors (Lipinski definition) is 3. The maximum Gasteiger partial charge on any atom is 0.0543 e. The lowest BCUT2D eigenvalue weighted by Crippen LogP contribution is -2.22. The minimum absolute atomic E-state index is 0.0549. The molecule has 1 aromatic heterocycles. The molecule has 0 bridgehead atoms.